The summed E-state index contributed by atoms with van der Waals surface area (Å²) in [7, 11) is 0. The van der Waals surface area contributed by atoms with Gasteiger partial charge in [0.2, 0.25) is 0 Å². The van der Waals surface area contributed by atoms with E-state index in [-0.39, 0.29) is 11.5 Å². The van der Waals surface area contributed by atoms with E-state index in [1.165, 1.54) is 28.2 Å². The number of thiophene rings is 1. The Kier molecular flexibility index (Phi) is 3.33. The Morgan fingerprint density at radius 2 is 2.05 bits per heavy atom. The van der Waals surface area contributed by atoms with Crippen LogP contribution in [-0.4, -0.2) is 14.7 Å². The zero-order valence-electron chi connectivity index (χ0n) is 11.1. The second-order valence-corrected chi connectivity index (χ2v) is 5.33. The number of hydrogen-bond donors (Lipinski definition) is 1. The first-order valence-corrected chi connectivity index (χ1v) is 7.07. The molecule has 0 atom stereocenters. The number of benzene rings is 1. The first kappa shape index (κ1) is 13.8. The molecule has 3 rings (SSSR count). The summed E-state index contributed by atoms with van der Waals surface area (Å²) in [5.74, 6) is 0.208. The molecule has 0 fully saturated rings. The number of nitrogens with zero attached hydrogens (tertiary/aromatic N) is 4. The molecule has 0 amide bonds. The maximum atomic E-state index is 10.7. The van der Waals surface area contributed by atoms with Crippen molar-refractivity contribution in [2.24, 2.45) is 0 Å². The number of rotatable bonds is 3. The third-order valence-corrected chi connectivity index (χ3v) is 3.97. The van der Waals surface area contributed by atoms with E-state index in [2.05, 4.69) is 11.2 Å². The van der Waals surface area contributed by atoms with Crippen LogP contribution in [-0.2, 0) is 0 Å². The average Bonchev–Trinajstić information content (AvgIpc) is 3.14. The lowest BCUT2D eigenvalue weighted by Crippen LogP contribution is -2.02. The van der Waals surface area contributed by atoms with Gasteiger partial charge in [-0.2, -0.15) is 10.4 Å². The van der Waals surface area contributed by atoms with E-state index < -0.39 is 4.92 Å². The quantitative estimate of drug-likeness (QED) is 0.590. The van der Waals surface area contributed by atoms with Crippen molar-refractivity contribution in [2.75, 3.05) is 5.73 Å². The van der Waals surface area contributed by atoms with E-state index in [0.717, 1.165) is 4.88 Å². The monoisotopic (exact) mass is 311 g/mol. The van der Waals surface area contributed by atoms with Crippen molar-refractivity contribution in [2.45, 2.75) is 0 Å². The van der Waals surface area contributed by atoms with E-state index in [1.807, 2.05) is 17.5 Å². The van der Waals surface area contributed by atoms with Gasteiger partial charge in [0.05, 0.1) is 15.5 Å². The van der Waals surface area contributed by atoms with Gasteiger partial charge in [0, 0.05) is 12.1 Å². The average molecular weight is 311 g/mol. The van der Waals surface area contributed by atoms with Crippen molar-refractivity contribution in [3.63, 3.8) is 0 Å². The number of nitro groups is 1. The van der Waals surface area contributed by atoms with Crippen LogP contribution in [0.1, 0.15) is 5.56 Å². The number of nitro benzene ring substituents is 1. The number of aromatic nitrogens is 2. The molecular weight excluding hydrogens is 302 g/mol. The van der Waals surface area contributed by atoms with Crippen molar-refractivity contribution in [3.8, 4) is 22.3 Å². The Bertz CT molecular complexity index is 875. The van der Waals surface area contributed by atoms with Crippen molar-refractivity contribution >= 4 is 22.8 Å². The second-order valence-electron chi connectivity index (χ2n) is 4.38. The van der Waals surface area contributed by atoms with Crippen molar-refractivity contribution < 1.29 is 4.92 Å². The lowest BCUT2D eigenvalue weighted by Gasteiger charge is -2.03. The molecule has 0 radical (unpaired) electrons. The lowest BCUT2D eigenvalue weighted by atomic mass is 10.2. The highest BCUT2D eigenvalue weighted by atomic mass is 32.1. The Hall–Kier alpha value is -3.18. The predicted molar refractivity (Wildman–Crippen MR) is 82.7 cm³/mol. The van der Waals surface area contributed by atoms with Crippen LogP contribution in [0.15, 0.2) is 41.8 Å². The number of hydrogen-bond acceptors (Lipinski definition) is 6. The molecule has 0 aliphatic heterocycles. The SMILES string of the molecule is N#Cc1c(-c2cccs2)nn(-c2ccc([N+](=O)[O-])cc2)c1N. The van der Waals surface area contributed by atoms with Crippen LogP contribution < -0.4 is 5.73 Å². The number of nitriles is 1. The van der Waals surface area contributed by atoms with Crippen LogP contribution in [0, 0.1) is 21.4 Å². The molecule has 0 aliphatic carbocycles. The molecule has 0 saturated carbocycles. The van der Waals surface area contributed by atoms with Crippen LogP contribution in [0.5, 0.6) is 0 Å². The van der Waals surface area contributed by atoms with E-state index >= 15 is 0 Å². The van der Waals surface area contributed by atoms with Crippen molar-refractivity contribution in [3.05, 3.63) is 57.5 Å². The summed E-state index contributed by atoms with van der Waals surface area (Å²) in [5.41, 5.74) is 7.34. The van der Waals surface area contributed by atoms with Gasteiger partial charge in [-0.1, -0.05) is 6.07 Å². The van der Waals surface area contributed by atoms with Crippen LogP contribution in [0.4, 0.5) is 11.5 Å². The highest BCUT2D eigenvalue weighted by molar-refractivity contribution is 7.13. The maximum Gasteiger partial charge on any atom is 0.269 e. The van der Waals surface area contributed by atoms with Crippen LogP contribution in [0.2, 0.25) is 0 Å². The van der Waals surface area contributed by atoms with Gasteiger partial charge >= 0.3 is 0 Å². The van der Waals surface area contributed by atoms with Crippen LogP contribution >= 0.6 is 11.3 Å². The molecule has 0 bridgehead atoms. The van der Waals surface area contributed by atoms with Gasteiger partial charge in [0.25, 0.3) is 5.69 Å². The standard InChI is InChI=1S/C14H9N5O2S/c15-8-11-13(12-2-1-7-22-12)17-18(14(11)16)9-3-5-10(6-4-9)19(20)21/h1-7H,16H2. The number of anilines is 1. The number of nitrogen functional groups attached to an aromatic ring is 1. The largest absolute Gasteiger partial charge is 0.382 e. The zero-order chi connectivity index (χ0) is 15.7. The number of non-ortho nitro benzene ring substituents is 1. The fraction of sp³-hybridized carbons (Fsp3) is 0. The molecule has 0 spiro atoms. The van der Waals surface area contributed by atoms with E-state index in [9.17, 15) is 15.4 Å². The van der Waals surface area contributed by atoms with Gasteiger partial charge in [-0.15, -0.1) is 11.3 Å². The Labute approximate surface area is 129 Å². The first-order valence-electron chi connectivity index (χ1n) is 6.19. The summed E-state index contributed by atoms with van der Waals surface area (Å²) in [5, 5.41) is 26.3. The fourth-order valence-electron chi connectivity index (χ4n) is 2.04. The van der Waals surface area contributed by atoms with E-state index in [1.54, 1.807) is 12.1 Å². The Morgan fingerprint density at radius 1 is 1.32 bits per heavy atom. The van der Waals surface area contributed by atoms with Gasteiger partial charge in [0.15, 0.2) is 0 Å². The van der Waals surface area contributed by atoms with Crippen molar-refractivity contribution in [1.82, 2.24) is 9.78 Å². The molecular formula is C14H9N5O2S. The minimum Gasteiger partial charge on any atom is -0.382 e. The fourth-order valence-corrected chi connectivity index (χ4v) is 2.75. The Morgan fingerprint density at radius 3 is 2.59 bits per heavy atom. The highest BCUT2D eigenvalue weighted by Crippen LogP contribution is 2.31. The molecule has 0 aliphatic rings. The van der Waals surface area contributed by atoms with Gasteiger partial charge in [0.1, 0.15) is 23.1 Å². The summed E-state index contributed by atoms with van der Waals surface area (Å²) in [6, 6.07) is 11.6. The highest BCUT2D eigenvalue weighted by Gasteiger charge is 2.19. The van der Waals surface area contributed by atoms with Gasteiger partial charge in [-0.3, -0.25) is 10.1 Å². The van der Waals surface area contributed by atoms with Crippen LogP contribution in [0.3, 0.4) is 0 Å². The molecule has 108 valence electrons. The summed E-state index contributed by atoms with van der Waals surface area (Å²) in [6.07, 6.45) is 0. The summed E-state index contributed by atoms with van der Waals surface area (Å²) in [6.45, 7) is 0. The summed E-state index contributed by atoms with van der Waals surface area (Å²) in [4.78, 5) is 11.1. The lowest BCUT2D eigenvalue weighted by molar-refractivity contribution is -0.384. The minimum absolute atomic E-state index is 0.0199. The molecule has 8 heteroatoms. The van der Waals surface area contributed by atoms with E-state index in [4.69, 9.17) is 5.73 Å². The molecule has 3 aromatic rings. The second kappa shape index (κ2) is 5.31. The van der Waals surface area contributed by atoms with Crippen LogP contribution in [0.25, 0.3) is 16.3 Å². The molecule has 0 saturated heterocycles. The molecule has 0 unspecified atom stereocenters. The van der Waals surface area contributed by atoms with Gasteiger partial charge < -0.3 is 5.73 Å². The van der Waals surface area contributed by atoms with Gasteiger partial charge in [-0.05, 0) is 23.6 Å². The van der Waals surface area contributed by atoms with Crippen molar-refractivity contribution in [1.29, 1.82) is 5.26 Å². The molecule has 2 N–H and O–H groups in total. The predicted octanol–water partition coefficient (Wildman–Crippen LogP) is 2.96. The Balaban J connectivity index is 2.12. The van der Waals surface area contributed by atoms with Gasteiger partial charge in [-0.25, -0.2) is 4.68 Å². The smallest absolute Gasteiger partial charge is 0.269 e. The molecule has 22 heavy (non-hydrogen) atoms. The molecule has 1 aromatic carbocycles. The zero-order valence-corrected chi connectivity index (χ0v) is 11.9. The summed E-state index contributed by atoms with van der Waals surface area (Å²) < 4.78 is 1.41. The molecule has 2 aromatic heterocycles. The third kappa shape index (κ3) is 2.19. The first-order chi connectivity index (χ1) is 10.6. The van der Waals surface area contributed by atoms with E-state index in [0.29, 0.717) is 16.9 Å². The topological polar surface area (TPSA) is 111 Å². The maximum absolute atomic E-state index is 10.7. The molecule has 2 heterocycles. The number of nitrogens with two attached hydrogens (primary N) is 1. The third-order valence-electron chi connectivity index (χ3n) is 3.09. The molecule has 7 nitrogen and oxygen atoms in total. The minimum atomic E-state index is -0.478. The summed E-state index contributed by atoms with van der Waals surface area (Å²) >= 11 is 1.46. The normalized spacial score (nSPS) is 10.3.